The lowest BCUT2D eigenvalue weighted by atomic mass is 10.1. The fraction of sp³-hybridized carbons (Fsp3) is 0.231. The standard InChI is InChI=1S/C13H14N4O/c18-13(15-10-4-5-10)16-11-3-1-2-9(8-11)12-6-7-14-17-12/h1-3,6-8,10H,4-5H2,(H,14,17)(H2,15,16,18). The molecular formula is C13H14N4O. The van der Waals surface area contributed by atoms with E-state index in [0.717, 1.165) is 29.8 Å². The minimum absolute atomic E-state index is 0.140. The fourth-order valence-corrected chi connectivity index (χ4v) is 1.76. The minimum Gasteiger partial charge on any atom is -0.335 e. The average molecular weight is 242 g/mol. The van der Waals surface area contributed by atoms with Crippen LogP contribution in [0.15, 0.2) is 36.5 Å². The second-order valence-corrected chi connectivity index (χ2v) is 4.42. The van der Waals surface area contributed by atoms with Crippen LogP contribution in [-0.4, -0.2) is 22.3 Å². The summed E-state index contributed by atoms with van der Waals surface area (Å²) in [5.41, 5.74) is 2.71. The van der Waals surface area contributed by atoms with Crippen molar-refractivity contribution >= 4 is 11.7 Å². The third-order valence-corrected chi connectivity index (χ3v) is 2.84. The molecule has 0 bridgehead atoms. The number of amides is 2. The number of nitrogens with zero attached hydrogens (tertiary/aromatic N) is 1. The molecule has 2 amide bonds. The number of aromatic nitrogens is 2. The molecule has 1 heterocycles. The maximum absolute atomic E-state index is 11.6. The maximum atomic E-state index is 11.6. The van der Waals surface area contributed by atoms with Crippen molar-refractivity contribution in [2.75, 3.05) is 5.32 Å². The number of aromatic amines is 1. The van der Waals surface area contributed by atoms with Gasteiger partial charge in [0.2, 0.25) is 0 Å². The first kappa shape index (κ1) is 10.8. The first-order chi connectivity index (χ1) is 8.81. The van der Waals surface area contributed by atoms with Crippen LogP contribution in [-0.2, 0) is 0 Å². The predicted molar refractivity (Wildman–Crippen MR) is 69.2 cm³/mol. The molecule has 1 aromatic carbocycles. The summed E-state index contributed by atoms with van der Waals surface area (Å²) in [5.74, 6) is 0. The van der Waals surface area contributed by atoms with Crippen molar-refractivity contribution in [3.63, 3.8) is 0 Å². The smallest absolute Gasteiger partial charge is 0.319 e. The van der Waals surface area contributed by atoms with Gasteiger partial charge in [-0.15, -0.1) is 0 Å². The number of hydrogen-bond acceptors (Lipinski definition) is 2. The van der Waals surface area contributed by atoms with Crippen LogP contribution in [0.2, 0.25) is 0 Å². The lowest BCUT2D eigenvalue weighted by Gasteiger charge is -2.07. The van der Waals surface area contributed by atoms with Gasteiger partial charge in [0.25, 0.3) is 0 Å². The Bertz CT molecular complexity index is 546. The molecule has 1 aromatic heterocycles. The van der Waals surface area contributed by atoms with Gasteiger partial charge in [-0.05, 0) is 31.0 Å². The van der Waals surface area contributed by atoms with Crippen molar-refractivity contribution in [3.05, 3.63) is 36.5 Å². The number of carbonyl (C=O) groups excluding carboxylic acids is 1. The summed E-state index contributed by atoms with van der Waals surface area (Å²) in [6.45, 7) is 0. The largest absolute Gasteiger partial charge is 0.335 e. The molecule has 1 aliphatic rings. The monoisotopic (exact) mass is 242 g/mol. The molecule has 2 aromatic rings. The Morgan fingerprint density at radius 3 is 2.94 bits per heavy atom. The number of urea groups is 1. The first-order valence-electron chi connectivity index (χ1n) is 5.98. The predicted octanol–water partition coefficient (Wildman–Crippen LogP) is 2.36. The van der Waals surface area contributed by atoms with Crippen LogP contribution in [0, 0.1) is 0 Å². The summed E-state index contributed by atoms with van der Waals surface area (Å²) in [4.78, 5) is 11.6. The van der Waals surface area contributed by atoms with Gasteiger partial charge in [-0.1, -0.05) is 12.1 Å². The zero-order valence-corrected chi connectivity index (χ0v) is 9.81. The lowest BCUT2D eigenvalue weighted by Crippen LogP contribution is -2.30. The maximum Gasteiger partial charge on any atom is 0.319 e. The van der Waals surface area contributed by atoms with E-state index in [1.165, 1.54) is 0 Å². The highest BCUT2D eigenvalue weighted by Gasteiger charge is 2.23. The number of hydrogen-bond donors (Lipinski definition) is 3. The minimum atomic E-state index is -0.140. The van der Waals surface area contributed by atoms with Crippen molar-refractivity contribution in [3.8, 4) is 11.3 Å². The number of anilines is 1. The third kappa shape index (κ3) is 2.51. The molecule has 1 saturated carbocycles. The summed E-state index contributed by atoms with van der Waals surface area (Å²) in [5, 5.41) is 12.5. The fourth-order valence-electron chi connectivity index (χ4n) is 1.76. The van der Waals surface area contributed by atoms with Crippen LogP contribution in [0.5, 0.6) is 0 Å². The Labute approximate surface area is 105 Å². The molecule has 92 valence electrons. The lowest BCUT2D eigenvalue weighted by molar-refractivity contribution is 0.251. The van der Waals surface area contributed by atoms with E-state index in [2.05, 4.69) is 20.8 Å². The van der Waals surface area contributed by atoms with E-state index in [-0.39, 0.29) is 6.03 Å². The highest BCUT2D eigenvalue weighted by molar-refractivity contribution is 5.90. The molecule has 0 radical (unpaired) electrons. The number of rotatable bonds is 3. The molecule has 0 unspecified atom stereocenters. The van der Waals surface area contributed by atoms with Crippen LogP contribution in [0.3, 0.4) is 0 Å². The van der Waals surface area contributed by atoms with E-state index in [1.54, 1.807) is 6.20 Å². The van der Waals surface area contributed by atoms with Gasteiger partial charge in [-0.3, -0.25) is 5.10 Å². The van der Waals surface area contributed by atoms with Crippen LogP contribution < -0.4 is 10.6 Å². The highest BCUT2D eigenvalue weighted by Crippen LogP contribution is 2.21. The Hall–Kier alpha value is -2.30. The molecule has 5 heteroatoms. The third-order valence-electron chi connectivity index (χ3n) is 2.84. The normalized spacial score (nSPS) is 14.2. The zero-order chi connectivity index (χ0) is 12.4. The van der Waals surface area contributed by atoms with E-state index >= 15 is 0 Å². The molecule has 1 fully saturated rings. The summed E-state index contributed by atoms with van der Waals surface area (Å²) in [6.07, 6.45) is 3.87. The Morgan fingerprint density at radius 2 is 2.22 bits per heavy atom. The second-order valence-electron chi connectivity index (χ2n) is 4.42. The zero-order valence-electron chi connectivity index (χ0n) is 9.81. The quantitative estimate of drug-likeness (QED) is 0.773. The molecule has 18 heavy (non-hydrogen) atoms. The molecule has 5 nitrogen and oxygen atoms in total. The molecule has 3 rings (SSSR count). The van der Waals surface area contributed by atoms with E-state index in [9.17, 15) is 4.79 Å². The molecule has 0 aliphatic heterocycles. The first-order valence-corrected chi connectivity index (χ1v) is 5.98. The molecular weight excluding hydrogens is 228 g/mol. The highest BCUT2D eigenvalue weighted by atomic mass is 16.2. The summed E-state index contributed by atoms with van der Waals surface area (Å²) in [7, 11) is 0. The van der Waals surface area contributed by atoms with Crippen molar-refractivity contribution in [1.82, 2.24) is 15.5 Å². The van der Waals surface area contributed by atoms with E-state index in [4.69, 9.17) is 0 Å². The second kappa shape index (κ2) is 4.52. The van der Waals surface area contributed by atoms with Gasteiger partial charge in [0.1, 0.15) is 0 Å². The van der Waals surface area contributed by atoms with Crippen molar-refractivity contribution in [2.24, 2.45) is 0 Å². The van der Waals surface area contributed by atoms with Crippen LogP contribution in [0.1, 0.15) is 12.8 Å². The average Bonchev–Trinajstić information content (AvgIpc) is 3.00. The van der Waals surface area contributed by atoms with E-state index < -0.39 is 0 Å². The van der Waals surface area contributed by atoms with Gasteiger partial charge < -0.3 is 10.6 Å². The number of nitrogens with one attached hydrogen (secondary N) is 3. The number of carbonyl (C=O) groups is 1. The Balaban J connectivity index is 1.72. The van der Waals surface area contributed by atoms with Crippen LogP contribution in [0.4, 0.5) is 10.5 Å². The molecule has 0 saturated heterocycles. The number of H-pyrrole nitrogens is 1. The van der Waals surface area contributed by atoms with Crippen LogP contribution in [0.25, 0.3) is 11.3 Å². The number of benzene rings is 1. The molecule has 3 N–H and O–H groups in total. The molecule has 0 atom stereocenters. The van der Waals surface area contributed by atoms with Gasteiger partial charge in [0.15, 0.2) is 0 Å². The van der Waals surface area contributed by atoms with Gasteiger partial charge in [0, 0.05) is 23.5 Å². The van der Waals surface area contributed by atoms with Crippen molar-refractivity contribution in [1.29, 1.82) is 0 Å². The molecule has 1 aliphatic carbocycles. The van der Waals surface area contributed by atoms with Crippen molar-refractivity contribution < 1.29 is 4.79 Å². The van der Waals surface area contributed by atoms with Gasteiger partial charge >= 0.3 is 6.03 Å². The van der Waals surface area contributed by atoms with Gasteiger partial charge in [-0.2, -0.15) is 5.10 Å². The Kier molecular flexibility index (Phi) is 2.72. The SMILES string of the molecule is O=C(Nc1cccc(-c2ccn[nH]2)c1)NC1CC1. The molecule has 0 spiro atoms. The van der Waals surface area contributed by atoms with E-state index in [1.807, 2.05) is 30.3 Å². The van der Waals surface area contributed by atoms with Crippen molar-refractivity contribution in [2.45, 2.75) is 18.9 Å². The van der Waals surface area contributed by atoms with E-state index in [0.29, 0.717) is 6.04 Å². The Morgan fingerprint density at radius 1 is 1.33 bits per heavy atom. The van der Waals surface area contributed by atoms with Gasteiger partial charge in [0.05, 0.1) is 5.69 Å². The summed E-state index contributed by atoms with van der Waals surface area (Å²) in [6, 6.07) is 9.77. The summed E-state index contributed by atoms with van der Waals surface area (Å²) >= 11 is 0. The topological polar surface area (TPSA) is 69.8 Å². The summed E-state index contributed by atoms with van der Waals surface area (Å²) < 4.78 is 0. The van der Waals surface area contributed by atoms with Crippen LogP contribution >= 0.6 is 0 Å². The van der Waals surface area contributed by atoms with Gasteiger partial charge in [-0.25, -0.2) is 4.79 Å².